The Bertz CT molecular complexity index is 1260. The van der Waals surface area contributed by atoms with Crippen molar-refractivity contribution < 1.29 is 23.2 Å². The molecule has 2 N–H and O–H groups in total. The first-order chi connectivity index (χ1) is 16.3. The van der Waals surface area contributed by atoms with Gasteiger partial charge in [0.2, 0.25) is 0 Å². The summed E-state index contributed by atoms with van der Waals surface area (Å²) in [4.78, 5) is 16.2. The third-order valence-corrected chi connectivity index (χ3v) is 6.79. The number of nitrogens with zero attached hydrogens (tertiary/aromatic N) is 2. The number of methoxy groups -OCH3 is 1. The third-order valence-electron chi connectivity index (χ3n) is 4.98. The van der Waals surface area contributed by atoms with Gasteiger partial charge in [-0.3, -0.25) is 19.3 Å². The maximum absolute atomic E-state index is 13.6. The molecule has 0 aliphatic heterocycles. The van der Waals surface area contributed by atoms with Crippen LogP contribution in [-0.4, -0.2) is 38.2 Å². The van der Waals surface area contributed by atoms with Crippen molar-refractivity contribution in [2.45, 2.75) is 18.7 Å². The Hall–Kier alpha value is -3.69. The van der Waals surface area contributed by atoms with E-state index in [1.165, 1.54) is 29.6 Å². The zero-order valence-corrected chi connectivity index (χ0v) is 20.0. The molecule has 34 heavy (non-hydrogen) atoms. The van der Waals surface area contributed by atoms with Crippen LogP contribution >= 0.6 is 0 Å². The largest absolute Gasteiger partial charge is 0.497 e. The van der Waals surface area contributed by atoms with E-state index in [9.17, 15) is 13.2 Å². The van der Waals surface area contributed by atoms with E-state index >= 15 is 0 Å². The molecular weight excluding hydrogens is 454 g/mol. The van der Waals surface area contributed by atoms with Gasteiger partial charge in [-0.25, -0.2) is 13.9 Å². The maximum atomic E-state index is 13.6. The zero-order valence-electron chi connectivity index (χ0n) is 19.2. The van der Waals surface area contributed by atoms with Crippen LogP contribution in [0.15, 0.2) is 84.0 Å². The first-order valence-corrected chi connectivity index (χ1v) is 12.0. The molecule has 1 aromatic heterocycles. The highest BCUT2D eigenvalue weighted by Crippen LogP contribution is 2.30. The molecule has 0 aliphatic rings. The second-order valence-electron chi connectivity index (χ2n) is 7.93. The van der Waals surface area contributed by atoms with Crippen molar-refractivity contribution in [1.82, 2.24) is 10.5 Å². The minimum Gasteiger partial charge on any atom is -0.497 e. The fraction of sp³-hybridized carbons (Fsp3) is 0.200. The van der Waals surface area contributed by atoms with E-state index in [0.717, 1.165) is 0 Å². The Balaban J connectivity index is 2.12. The van der Waals surface area contributed by atoms with Crippen molar-refractivity contribution in [1.29, 1.82) is 0 Å². The fourth-order valence-electron chi connectivity index (χ4n) is 3.40. The van der Waals surface area contributed by atoms with Crippen molar-refractivity contribution in [2.75, 3.05) is 18.0 Å². The summed E-state index contributed by atoms with van der Waals surface area (Å²) in [6.45, 7) is 4.13. The number of hydrogen-bond donors (Lipinski definition) is 2. The molecule has 0 atom stereocenters. The van der Waals surface area contributed by atoms with Crippen molar-refractivity contribution in [3.63, 3.8) is 0 Å². The number of carbonyl (C=O) groups excluding carboxylic acids is 1. The lowest BCUT2D eigenvalue weighted by Crippen LogP contribution is -2.34. The number of carbonyl (C=O) groups is 1. The van der Waals surface area contributed by atoms with Gasteiger partial charge in [-0.2, -0.15) is 0 Å². The van der Waals surface area contributed by atoms with Crippen LogP contribution in [0.3, 0.4) is 0 Å². The van der Waals surface area contributed by atoms with Crippen LogP contribution in [0.2, 0.25) is 0 Å². The van der Waals surface area contributed by atoms with E-state index in [4.69, 9.17) is 9.94 Å². The molecule has 3 rings (SSSR count). The van der Waals surface area contributed by atoms with Crippen molar-refractivity contribution in [2.24, 2.45) is 5.92 Å². The number of hydrogen-bond acceptors (Lipinski definition) is 6. The number of benzene rings is 2. The SMILES string of the molecule is COc1ccc(S(=O)(=O)N(CC(C)C)c2cccc(/C(=C\C(=O)NO)c3cccnc3)c2)cc1. The molecule has 2 aromatic carbocycles. The van der Waals surface area contributed by atoms with Gasteiger partial charge < -0.3 is 4.74 Å². The summed E-state index contributed by atoms with van der Waals surface area (Å²) in [5.74, 6) is -0.107. The van der Waals surface area contributed by atoms with E-state index in [0.29, 0.717) is 28.1 Å². The van der Waals surface area contributed by atoms with E-state index in [2.05, 4.69) is 4.98 Å². The lowest BCUT2D eigenvalue weighted by Gasteiger charge is -2.27. The Morgan fingerprint density at radius 3 is 2.41 bits per heavy atom. The van der Waals surface area contributed by atoms with E-state index < -0.39 is 15.9 Å². The van der Waals surface area contributed by atoms with Gasteiger partial charge in [0.1, 0.15) is 5.75 Å². The quantitative estimate of drug-likeness (QED) is 0.273. The lowest BCUT2D eigenvalue weighted by atomic mass is 9.98. The van der Waals surface area contributed by atoms with Crippen LogP contribution in [-0.2, 0) is 14.8 Å². The summed E-state index contributed by atoms with van der Waals surface area (Å²) in [6, 6.07) is 16.6. The van der Waals surface area contributed by atoms with Gasteiger partial charge in [-0.15, -0.1) is 0 Å². The van der Waals surface area contributed by atoms with Crippen LogP contribution in [0.5, 0.6) is 5.75 Å². The number of aromatic nitrogens is 1. The number of amides is 1. The van der Waals surface area contributed by atoms with E-state index in [1.54, 1.807) is 66.4 Å². The molecule has 0 aliphatic carbocycles. The van der Waals surface area contributed by atoms with Crippen molar-refractivity contribution in [3.8, 4) is 5.75 Å². The van der Waals surface area contributed by atoms with Gasteiger partial charge in [0.25, 0.3) is 15.9 Å². The lowest BCUT2D eigenvalue weighted by molar-refractivity contribution is -0.124. The van der Waals surface area contributed by atoms with E-state index in [1.807, 2.05) is 13.8 Å². The summed E-state index contributed by atoms with van der Waals surface area (Å²) in [7, 11) is -2.36. The number of ether oxygens (including phenoxy) is 1. The van der Waals surface area contributed by atoms with Gasteiger partial charge in [0.15, 0.2) is 0 Å². The smallest absolute Gasteiger partial charge is 0.267 e. The monoisotopic (exact) mass is 481 g/mol. The van der Waals surface area contributed by atoms with Gasteiger partial charge >= 0.3 is 0 Å². The Labute approximate surface area is 199 Å². The molecule has 8 nitrogen and oxygen atoms in total. The van der Waals surface area contributed by atoms with Gasteiger partial charge in [-0.1, -0.05) is 32.0 Å². The molecule has 0 saturated carbocycles. The average molecular weight is 482 g/mol. The number of sulfonamides is 1. The highest BCUT2D eigenvalue weighted by molar-refractivity contribution is 7.92. The summed E-state index contributed by atoms with van der Waals surface area (Å²) < 4.78 is 33.7. The minimum absolute atomic E-state index is 0.0465. The number of pyridine rings is 1. The Kier molecular flexibility index (Phi) is 8.04. The molecule has 0 bridgehead atoms. The molecule has 0 fully saturated rings. The molecule has 0 unspecified atom stereocenters. The fourth-order valence-corrected chi connectivity index (χ4v) is 5.02. The van der Waals surface area contributed by atoms with Crippen LogP contribution in [0.25, 0.3) is 5.57 Å². The molecule has 1 amide bonds. The van der Waals surface area contributed by atoms with Crippen LogP contribution < -0.4 is 14.5 Å². The molecule has 1 heterocycles. The summed E-state index contributed by atoms with van der Waals surface area (Å²) >= 11 is 0. The zero-order chi connectivity index (χ0) is 24.7. The van der Waals surface area contributed by atoms with Crippen LogP contribution in [0.4, 0.5) is 5.69 Å². The highest BCUT2D eigenvalue weighted by atomic mass is 32.2. The average Bonchev–Trinajstić information content (AvgIpc) is 2.86. The molecule has 0 radical (unpaired) electrons. The molecule has 3 aromatic rings. The minimum atomic E-state index is -3.88. The first kappa shape index (κ1) is 24.9. The van der Waals surface area contributed by atoms with Crippen molar-refractivity contribution in [3.05, 3.63) is 90.3 Å². The standard InChI is InChI=1S/C25H27N3O5S/c1-18(2)17-28(34(31,32)23-11-9-22(33-3)10-12-23)21-8-4-6-19(14-21)24(15-25(29)27-30)20-7-5-13-26-16-20/h4-16,18,30H,17H2,1-3H3,(H,27,29)/b24-15+. The maximum Gasteiger partial charge on any atom is 0.267 e. The Morgan fingerprint density at radius 1 is 1.12 bits per heavy atom. The van der Waals surface area contributed by atoms with Crippen LogP contribution in [0.1, 0.15) is 25.0 Å². The van der Waals surface area contributed by atoms with E-state index in [-0.39, 0.29) is 17.4 Å². The predicted molar refractivity (Wildman–Crippen MR) is 130 cm³/mol. The molecule has 9 heteroatoms. The molecule has 0 spiro atoms. The number of hydroxylamine groups is 1. The first-order valence-electron chi connectivity index (χ1n) is 10.6. The van der Waals surface area contributed by atoms with Gasteiger partial charge in [-0.05, 0) is 59.5 Å². The van der Waals surface area contributed by atoms with Gasteiger partial charge in [0, 0.05) is 30.6 Å². The second-order valence-corrected chi connectivity index (χ2v) is 9.79. The predicted octanol–water partition coefficient (Wildman–Crippen LogP) is 3.88. The van der Waals surface area contributed by atoms with Gasteiger partial charge in [0.05, 0.1) is 17.7 Å². The molecule has 0 saturated heterocycles. The second kappa shape index (κ2) is 11.0. The molecular formula is C25H27N3O5S. The van der Waals surface area contributed by atoms with Crippen molar-refractivity contribution >= 4 is 27.2 Å². The number of rotatable bonds is 9. The van der Waals surface area contributed by atoms with Crippen LogP contribution in [0, 0.1) is 5.92 Å². The molecule has 178 valence electrons. The Morgan fingerprint density at radius 2 is 1.82 bits per heavy atom. The topological polar surface area (TPSA) is 109 Å². The number of anilines is 1. The highest BCUT2D eigenvalue weighted by Gasteiger charge is 2.26. The normalized spacial score (nSPS) is 11.9. The summed E-state index contributed by atoms with van der Waals surface area (Å²) in [6.07, 6.45) is 4.43. The third kappa shape index (κ3) is 5.81. The summed E-state index contributed by atoms with van der Waals surface area (Å²) in [5, 5.41) is 9.03. The number of nitrogens with one attached hydrogen (secondary N) is 1. The summed E-state index contributed by atoms with van der Waals surface area (Å²) in [5.41, 5.74) is 3.75.